The smallest absolute Gasteiger partial charge is 0.225 e. The number of thiophene rings is 1. The molecule has 9 nitrogen and oxygen atoms in total. The average molecular weight is 523 g/mol. The van der Waals surface area contributed by atoms with Crippen molar-refractivity contribution in [2.75, 3.05) is 25.4 Å². The first-order chi connectivity index (χ1) is 18.0. The van der Waals surface area contributed by atoms with Crippen LogP contribution in [-0.2, 0) is 17.8 Å². The van der Waals surface area contributed by atoms with Crippen molar-refractivity contribution >= 4 is 44.3 Å². The number of piperidine rings is 1. The number of aryl methyl sites for hydroxylation is 2. The number of hydrogen-bond donors (Lipinski definition) is 1. The first kappa shape index (κ1) is 25.8. The summed E-state index contributed by atoms with van der Waals surface area (Å²) in [6.07, 6.45) is 8.98. The lowest BCUT2D eigenvalue weighted by Crippen LogP contribution is -2.43. The minimum atomic E-state index is 0.128. The van der Waals surface area contributed by atoms with Crippen molar-refractivity contribution in [2.45, 2.75) is 78.2 Å². The molecule has 1 aliphatic heterocycles. The number of rotatable bonds is 8. The number of likely N-dealkylation sites (tertiary alicyclic amines) is 1. The van der Waals surface area contributed by atoms with Crippen molar-refractivity contribution in [3.8, 4) is 0 Å². The van der Waals surface area contributed by atoms with Crippen LogP contribution in [0.3, 0.4) is 0 Å². The summed E-state index contributed by atoms with van der Waals surface area (Å²) in [7, 11) is 0. The van der Waals surface area contributed by atoms with Crippen LogP contribution >= 0.6 is 11.3 Å². The Labute approximate surface area is 222 Å². The maximum atomic E-state index is 13.2. The summed E-state index contributed by atoms with van der Waals surface area (Å²) in [5.74, 6) is 3.02. The lowest BCUT2D eigenvalue weighted by atomic mass is 9.81. The molecule has 5 rings (SSSR count). The topological polar surface area (TPSA) is 126 Å². The van der Waals surface area contributed by atoms with E-state index in [-0.39, 0.29) is 5.92 Å². The van der Waals surface area contributed by atoms with Gasteiger partial charge < -0.3 is 15.2 Å². The monoisotopic (exact) mass is 522 g/mol. The number of nitrogens with two attached hydrogens (primary N) is 1. The number of pyridine rings is 1. The third-order valence-corrected chi connectivity index (χ3v) is 9.35. The van der Waals surface area contributed by atoms with Gasteiger partial charge in [0.2, 0.25) is 5.91 Å². The number of hydrogen-bond acceptors (Lipinski definition) is 6. The van der Waals surface area contributed by atoms with Crippen LogP contribution in [0.2, 0.25) is 0 Å². The van der Waals surface area contributed by atoms with Crippen molar-refractivity contribution in [1.29, 1.82) is 0 Å². The van der Waals surface area contributed by atoms with Crippen molar-refractivity contribution in [1.82, 2.24) is 19.4 Å². The standard InChI is InChI=1S/C27H38N8OS/c1-3-4-5-22-32-23-24(25-21(31-26(23)28)14-17(2)37-25)35(22)16-19-10-12-34(13-11-19)27(36)20-8-6-18(7-9-20)15-30-33-29/h14,18-20H,3-13,15-16H2,1-2H3,(H2,28,31). The molecule has 1 saturated carbocycles. The number of carbonyl (C=O) groups excluding carboxylic acids is 1. The zero-order valence-corrected chi connectivity index (χ0v) is 22.8. The van der Waals surface area contributed by atoms with E-state index in [1.807, 2.05) is 0 Å². The molecule has 1 aliphatic carbocycles. The van der Waals surface area contributed by atoms with Gasteiger partial charge in [-0.2, -0.15) is 0 Å². The van der Waals surface area contributed by atoms with Crippen molar-refractivity contribution in [3.63, 3.8) is 0 Å². The fourth-order valence-corrected chi connectivity index (χ4v) is 7.17. The minimum Gasteiger partial charge on any atom is -0.382 e. The molecular weight excluding hydrogens is 484 g/mol. The number of nitrogen functional groups attached to an aromatic ring is 1. The number of aromatic nitrogens is 3. The molecule has 2 aliphatic rings. The van der Waals surface area contributed by atoms with Crippen LogP contribution in [0.4, 0.5) is 5.82 Å². The van der Waals surface area contributed by atoms with E-state index in [2.05, 4.69) is 44.4 Å². The van der Waals surface area contributed by atoms with Gasteiger partial charge in [0.05, 0.1) is 15.7 Å². The van der Waals surface area contributed by atoms with E-state index in [1.165, 1.54) is 9.58 Å². The van der Waals surface area contributed by atoms with E-state index < -0.39 is 0 Å². The summed E-state index contributed by atoms with van der Waals surface area (Å²) in [5, 5.41) is 3.73. The predicted molar refractivity (Wildman–Crippen MR) is 149 cm³/mol. The highest BCUT2D eigenvalue weighted by Crippen LogP contribution is 2.36. The zero-order valence-electron chi connectivity index (χ0n) is 22.0. The van der Waals surface area contributed by atoms with E-state index in [0.717, 1.165) is 99.8 Å². The van der Waals surface area contributed by atoms with Gasteiger partial charge in [0.15, 0.2) is 5.82 Å². The predicted octanol–water partition coefficient (Wildman–Crippen LogP) is 6.23. The number of imidazole rings is 1. The van der Waals surface area contributed by atoms with Crippen LogP contribution in [0, 0.1) is 24.7 Å². The Kier molecular flexibility index (Phi) is 7.86. The third-order valence-electron chi connectivity index (χ3n) is 8.30. The Balaban J connectivity index is 1.28. The number of amides is 1. The van der Waals surface area contributed by atoms with Crippen molar-refractivity contribution in [3.05, 3.63) is 27.2 Å². The Morgan fingerprint density at radius 2 is 1.95 bits per heavy atom. The van der Waals surface area contributed by atoms with Crippen LogP contribution in [0.25, 0.3) is 31.7 Å². The molecule has 198 valence electrons. The van der Waals surface area contributed by atoms with Crippen molar-refractivity contribution in [2.24, 2.45) is 22.9 Å². The van der Waals surface area contributed by atoms with Gasteiger partial charge in [0.1, 0.15) is 11.3 Å². The maximum absolute atomic E-state index is 13.2. The SMILES string of the molecule is CCCCc1nc2c(N)nc3cc(C)sc3c2n1CC1CCN(C(=O)C2CCC(CN=[N+]=[N-])CC2)CC1. The molecule has 2 N–H and O–H groups in total. The van der Waals surface area contributed by atoms with Crippen molar-refractivity contribution < 1.29 is 4.79 Å². The molecule has 4 heterocycles. The fraction of sp³-hybridized carbons (Fsp3) is 0.667. The van der Waals surface area contributed by atoms with E-state index in [0.29, 0.717) is 30.1 Å². The van der Waals surface area contributed by atoms with Crippen LogP contribution < -0.4 is 5.73 Å². The summed E-state index contributed by atoms with van der Waals surface area (Å²) in [5.41, 5.74) is 17.9. The van der Waals surface area contributed by atoms with Gasteiger partial charge in [-0.25, -0.2) is 9.97 Å². The number of fused-ring (bicyclic) bond motifs is 3. The molecule has 3 aromatic rings. The highest BCUT2D eigenvalue weighted by Gasteiger charge is 2.32. The maximum Gasteiger partial charge on any atom is 0.225 e. The van der Waals surface area contributed by atoms with Gasteiger partial charge in [0, 0.05) is 48.3 Å². The molecule has 0 atom stereocenters. The summed E-state index contributed by atoms with van der Waals surface area (Å²) >= 11 is 1.77. The molecule has 0 spiro atoms. The molecule has 1 saturated heterocycles. The number of azide groups is 1. The molecular formula is C27H38N8OS. The molecule has 2 fully saturated rings. The first-order valence-electron chi connectivity index (χ1n) is 13.8. The molecule has 1 amide bonds. The second-order valence-corrected chi connectivity index (χ2v) is 12.2. The number of nitrogens with zero attached hydrogens (tertiary/aromatic N) is 7. The second kappa shape index (κ2) is 11.3. The first-order valence-corrected chi connectivity index (χ1v) is 14.6. The summed E-state index contributed by atoms with van der Waals surface area (Å²) < 4.78 is 3.61. The van der Waals surface area contributed by atoms with E-state index >= 15 is 0 Å². The Bertz CT molecular complexity index is 1310. The van der Waals surface area contributed by atoms with Gasteiger partial charge in [-0.1, -0.05) is 18.5 Å². The van der Waals surface area contributed by atoms with Crippen LogP contribution in [0.5, 0.6) is 0 Å². The molecule has 37 heavy (non-hydrogen) atoms. The Morgan fingerprint density at radius 1 is 1.19 bits per heavy atom. The number of carbonyl (C=O) groups is 1. The molecule has 0 bridgehead atoms. The molecule has 3 aromatic heterocycles. The summed E-state index contributed by atoms with van der Waals surface area (Å²) in [6.45, 7) is 7.46. The van der Waals surface area contributed by atoms with E-state index in [4.69, 9.17) is 16.2 Å². The average Bonchev–Trinajstić information content (AvgIpc) is 3.46. The van der Waals surface area contributed by atoms with Gasteiger partial charge in [-0.05, 0) is 75.3 Å². The van der Waals surface area contributed by atoms with Crippen LogP contribution in [-0.4, -0.2) is 45.0 Å². The van der Waals surface area contributed by atoms with E-state index in [9.17, 15) is 4.79 Å². The Hall–Kier alpha value is -2.84. The third kappa shape index (κ3) is 5.41. The van der Waals surface area contributed by atoms with Crippen LogP contribution in [0.1, 0.15) is 69.0 Å². The number of anilines is 1. The summed E-state index contributed by atoms with van der Waals surface area (Å²) in [6, 6.07) is 2.12. The van der Waals surface area contributed by atoms with Gasteiger partial charge >= 0.3 is 0 Å². The molecule has 0 unspecified atom stereocenters. The van der Waals surface area contributed by atoms with E-state index in [1.54, 1.807) is 11.3 Å². The van der Waals surface area contributed by atoms with Gasteiger partial charge in [-0.15, -0.1) is 11.3 Å². The molecule has 0 radical (unpaired) electrons. The van der Waals surface area contributed by atoms with Crippen LogP contribution in [0.15, 0.2) is 11.2 Å². The quantitative estimate of drug-likeness (QED) is 0.214. The molecule has 0 aromatic carbocycles. The normalized spacial score (nSPS) is 21.0. The number of unbranched alkanes of at least 4 members (excludes halogenated alkanes) is 1. The highest BCUT2D eigenvalue weighted by atomic mass is 32.1. The summed E-state index contributed by atoms with van der Waals surface area (Å²) in [4.78, 5) is 29.1. The lowest BCUT2D eigenvalue weighted by Gasteiger charge is -2.36. The van der Waals surface area contributed by atoms with Gasteiger partial charge in [0.25, 0.3) is 0 Å². The lowest BCUT2D eigenvalue weighted by molar-refractivity contribution is -0.138. The molecule has 10 heteroatoms. The second-order valence-electron chi connectivity index (χ2n) is 10.9. The highest BCUT2D eigenvalue weighted by molar-refractivity contribution is 7.19. The largest absolute Gasteiger partial charge is 0.382 e. The minimum absolute atomic E-state index is 0.128. The van der Waals surface area contributed by atoms with Gasteiger partial charge in [-0.3, -0.25) is 4.79 Å². The fourth-order valence-electron chi connectivity index (χ4n) is 6.16. The zero-order chi connectivity index (χ0) is 25.9. The Morgan fingerprint density at radius 3 is 2.65 bits per heavy atom.